The molecule has 0 unspecified atom stereocenters. The number of hydrogen-bond acceptors (Lipinski definition) is 5. The number of nitrogens with zero attached hydrogens (tertiary/aromatic N) is 2. The molecule has 4 rings (SSSR count). The SMILES string of the molecule is Cc1ccc2c(=O)c(S(=O)(=O)c3ccccc3)cn(CC(=O)Nc3ccc(C)c(F)c3)c2n1. The minimum atomic E-state index is -4.14. The Kier molecular flexibility index (Phi) is 5.82. The topological polar surface area (TPSA) is 98.1 Å². The molecule has 0 fully saturated rings. The van der Waals surface area contributed by atoms with Crippen molar-refractivity contribution < 1.29 is 17.6 Å². The molecule has 1 N–H and O–H groups in total. The minimum Gasteiger partial charge on any atom is -0.324 e. The molecule has 0 saturated carbocycles. The van der Waals surface area contributed by atoms with Crippen molar-refractivity contribution in [2.24, 2.45) is 0 Å². The number of benzene rings is 2. The Hall–Kier alpha value is -3.85. The van der Waals surface area contributed by atoms with Crippen molar-refractivity contribution in [2.75, 3.05) is 5.32 Å². The Morgan fingerprint density at radius 1 is 1.06 bits per heavy atom. The Labute approximate surface area is 189 Å². The summed E-state index contributed by atoms with van der Waals surface area (Å²) in [5.41, 5.74) is 0.774. The number of hydrogen-bond donors (Lipinski definition) is 1. The first-order valence-electron chi connectivity index (χ1n) is 10.0. The van der Waals surface area contributed by atoms with Crippen molar-refractivity contribution in [3.8, 4) is 0 Å². The summed E-state index contributed by atoms with van der Waals surface area (Å²) < 4.78 is 41.5. The summed E-state index contributed by atoms with van der Waals surface area (Å²) in [5, 5.41) is 2.66. The zero-order valence-electron chi connectivity index (χ0n) is 17.9. The lowest BCUT2D eigenvalue weighted by molar-refractivity contribution is -0.116. The van der Waals surface area contributed by atoms with E-state index in [9.17, 15) is 22.4 Å². The highest BCUT2D eigenvalue weighted by Gasteiger charge is 2.24. The highest BCUT2D eigenvalue weighted by atomic mass is 32.2. The molecular weight excluding hydrogens is 445 g/mol. The lowest BCUT2D eigenvalue weighted by atomic mass is 10.2. The highest BCUT2D eigenvalue weighted by molar-refractivity contribution is 7.91. The number of sulfone groups is 1. The van der Waals surface area contributed by atoms with Crippen LogP contribution in [0.4, 0.5) is 10.1 Å². The van der Waals surface area contributed by atoms with Gasteiger partial charge in [-0.3, -0.25) is 9.59 Å². The number of nitrogens with one attached hydrogen (secondary N) is 1. The number of aromatic nitrogens is 2. The molecule has 0 bridgehead atoms. The van der Waals surface area contributed by atoms with Crippen LogP contribution in [0.25, 0.3) is 11.0 Å². The van der Waals surface area contributed by atoms with Crippen LogP contribution in [0.3, 0.4) is 0 Å². The normalized spacial score (nSPS) is 11.5. The lowest BCUT2D eigenvalue weighted by Crippen LogP contribution is -2.24. The van der Waals surface area contributed by atoms with Crippen molar-refractivity contribution in [1.82, 2.24) is 9.55 Å². The van der Waals surface area contributed by atoms with Gasteiger partial charge in [-0.1, -0.05) is 24.3 Å². The fourth-order valence-corrected chi connectivity index (χ4v) is 4.79. The first-order valence-corrected chi connectivity index (χ1v) is 11.5. The van der Waals surface area contributed by atoms with Gasteiger partial charge in [0, 0.05) is 17.6 Å². The predicted molar refractivity (Wildman–Crippen MR) is 122 cm³/mol. The van der Waals surface area contributed by atoms with Crippen LogP contribution in [0.15, 0.2) is 81.4 Å². The van der Waals surface area contributed by atoms with Crippen LogP contribution >= 0.6 is 0 Å². The van der Waals surface area contributed by atoms with Gasteiger partial charge in [-0.25, -0.2) is 17.8 Å². The van der Waals surface area contributed by atoms with E-state index in [4.69, 9.17) is 0 Å². The Bertz CT molecular complexity index is 1550. The molecule has 7 nitrogen and oxygen atoms in total. The summed E-state index contributed by atoms with van der Waals surface area (Å²) in [4.78, 5) is 29.7. The van der Waals surface area contributed by atoms with E-state index in [1.165, 1.54) is 34.9 Å². The molecule has 4 aromatic rings. The zero-order chi connectivity index (χ0) is 23.8. The summed E-state index contributed by atoms with van der Waals surface area (Å²) in [5.74, 6) is -0.996. The van der Waals surface area contributed by atoms with Gasteiger partial charge in [0.15, 0.2) is 0 Å². The van der Waals surface area contributed by atoms with Crippen molar-refractivity contribution in [1.29, 1.82) is 0 Å². The van der Waals surface area contributed by atoms with Gasteiger partial charge in [0.25, 0.3) is 0 Å². The van der Waals surface area contributed by atoms with Crippen LogP contribution in [0.1, 0.15) is 11.3 Å². The molecule has 0 atom stereocenters. The Morgan fingerprint density at radius 2 is 1.79 bits per heavy atom. The molecule has 33 heavy (non-hydrogen) atoms. The van der Waals surface area contributed by atoms with E-state index >= 15 is 0 Å². The molecule has 0 aliphatic carbocycles. The molecule has 0 aliphatic heterocycles. The number of anilines is 1. The largest absolute Gasteiger partial charge is 0.324 e. The van der Waals surface area contributed by atoms with E-state index in [0.717, 1.165) is 6.20 Å². The molecule has 1 amide bonds. The van der Waals surface area contributed by atoms with Gasteiger partial charge in [0.1, 0.15) is 22.9 Å². The molecule has 9 heteroatoms. The Balaban J connectivity index is 1.81. The van der Waals surface area contributed by atoms with Crippen LogP contribution in [0.2, 0.25) is 0 Å². The van der Waals surface area contributed by atoms with E-state index in [0.29, 0.717) is 11.3 Å². The molecule has 0 aliphatic rings. The summed E-state index contributed by atoms with van der Waals surface area (Å²) in [6.45, 7) is 2.99. The number of carbonyl (C=O) groups is 1. The summed E-state index contributed by atoms with van der Waals surface area (Å²) >= 11 is 0. The molecule has 2 aromatic heterocycles. The number of pyridine rings is 2. The third-order valence-corrected chi connectivity index (χ3v) is 6.90. The van der Waals surface area contributed by atoms with Gasteiger partial charge in [-0.2, -0.15) is 0 Å². The molecule has 2 heterocycles. The van der Waals surface area contributed by atoms with Crippen LogP contribution in [-0.2, 0) is 21.2 Å². The van der Waals surface area contributed by atoms with E-state index < -0.39 is 31.9 Å². The average Bonchev–Trinajstić information content (AvgIpc) is 2.78. The molecule has 0 saturated heterocycles. The van der Waals surface area contributed by atoms with E-state index in [1.54, 1.807) is 44.2 Å². The zero-order valence-corrected chi connectivity index (χ0v) is 18.7. The van der Waals surface area contributed by atoms with Gasteiger partial charge in [0.2, 0.25) is 21.2 Å². The van der Waals surface area contributed by atoms with E-state index in [1.807, 2.05) is 0 Å². The standard InChI is InChI=1S/C24H20FN3O4S/c1-15-8-10-17(12-20(15)25)27-22(29)14-28-13-21(33(31,32)18-6-4-3-5-7-18)23(30)19-11-9-16(2)26-24(19)28/h3-13H,14H2,1-2H3,(H,27,29). The second-order valence-corrected chi connectivity index (χ2v) is 9.52. The number of carbonyl (C=O) groups excluding carboxylic acids is 1. The van der Waals surface area contributed by atoms with Crippen molar-refractivity contribution >= 4 is 32.5 Å². The summed E-state index contributed by atoms with van der Waals surface area (Å²) in [7, 11) is -4.14. The van der Waals surface area contributed by atoms with Crippen molar-refractivity contribution in [3.63, 3.8) is 0 Å². The quantitative estimate of drug-likeness (QED) is 0.485. The molecule has 2 aromatic carbocycles. The Morgan fingerprint density at radius 3 is 2.48 bits per heavy atom. The van der Waals surface area contributed by atoms with Gasteiger partial charge in [0.05, 0.1) is 10.3 Å². The number of amides is 1. The van der Waals surface area contributed by atoms with Gasteiger partial charge in [-0.15, -0.1) is 0 Å². The van der Waals surface area contributed by atoms with Gasteiger partial charge in [-0.05, 0) is 55.8 Å². The first-order chi connectivity index (χ1) is 15.7. The monoisotopic (exact) mass is 465 g/mol. The van der Waals surface area contributed by atoms with E-state index in [-0.39, 0.29) is 28.2 Å². The van der Waals surface area contributed by atoms with Crippen molar-refractivity contribution in [2.45, 2.75) is 30.2 Å². The maximum absolute atomic E-state index is 13.8. The van der Waals surface area contributed by atoms with Crippen LogP contribution in [0.5, 0.6) is 0 Å². The number of halogens is 1. The average molecular weight is 466 g/mol. The fourth-order valence-electron chi connectivity index (χ4n) is 3.40. The van der Waals surface area contributed by atoms with Crippen LogP contribution in [-0.4, -0.2) is 23.9 Å². The predicted octanol–water partition coefficient (Wildman–Crippen LogP) is 3.62. The number of fused-ring (bicyclic) bond motifs is 1. The molecule has 0 radical (unpaired) electrons. The van der Waals surface area contributed by atoms with Crippen LogP contribution in [0, 0.1) is 19.7 Å². The highest BCUT2D eigenvalue weighted by Crippen LogP contribution is 2.21. The minimum absolute atomic E-state index is 0.0346. The van der Waals surface area contributed by atoms with Gasteiger partial charge < -0.3 is 9.88 Å². The smallest absolute Gasteiger partial charge is 0.244 e. The number of rotatable bonds is 5. The van der Waals surface area contributed by atoms with Gasteiger partial charge >= 0.3 is 0 Å². The van der Waals surface area contributed by atoms with E-state index in [2.05, 4.69) is 10.3 Å². The van der Waals surface area contributed by atoms with Crippen molar-refractivity contribution in [3.05, 3.63) is 94.2 Å². The fraction of sp³-hybridized carbons (Fsp3) is 0.125. The summed E-state index contributed by atoms with van der Waals surface area (Å²) in [6, 6.07) is 15.0. The second-order valence-electron chi connectivity index (χ2n) is 7.60. The second kappa shape index (κ2) is 8.59. The third kappa shape index (κ3) is 4.40. The number of aryl methyl sites for hydroxylation is 2. The maximum atomic E-state index is 13.8. The maximum Gasteiger partial charge on any atom is 0.244 e. The molecule has 0 spiro atoms. The lowest BCUT2D eigenvalue weighted by Gasteiger charge is -2.14. The first kappa shape index (κ1) is 22.3. The molecular formula is C24H20FN3O4S. The molecule has 168 valence electrons. The third-order valence-electron chi connectivity index (χ3n) is 5.14. The summed E-state index contributed by atoms with van der Waals surface area (Å²) in [6.07, 6.45) is 1.13. The van der Waals surface area contributed by atoms with Crippen LogP contribution < -0.4 is 10.7 Å².